The summed E-state index contributed by atoms with van der Waals surface area (Å²) in [6, 6.07) is 7.99. The normalized spacial score (nSPS) is 16.8. The second-order valence-corrected chi connectivity index (χ2v) is 5.45. The van der Waals surface area contributed by atoms with Crippen molar-refractivity contribution >= 4 is 17.3 Å². The summed E-state index contributed by atoms with van der Waals surface area (Å²) in [5.74, 6) is 1.70. The van der Waals surface area contributed by atoms with Crippen molar-refractivity contribution < 1.29 is 9.47 Å². The number of pyridine rings is 1. The number of benzene rings is 1. The SMILES string of the molecule is COc1ccc2c(c1)C(Nc1cc(C)cnc1Cl)CCO2. The number of fused-ring (bicyclic) bond motifs is 1. The van der Waals surface area contributed by atoms with Gasteiger partial charge in [0.25, 0.3) is 0 Å². The minimum atomic E-state index is 0.130. The number of rotatable bonds is 3. The first-order valence-corrected chi connectivity index (χ1v) is 7.24. The van der Waals surface area contributed by atoms with Gasteiger partial charge in [-0.15, -0.1) is 0 Å². The van der Waals surface area contributed by atoms with Crippen LogP contribution in [0.5, 0.6) is 11.5 Å². The van der Waals surface area contributed by atoms with Crippen LogP contribution < -0.4 is 14.8 Å². The van der Waals surface area contributed by atoms with Gasteiger partial charge >= 0.3 is 0 Å². The molecule has 5 heteroatoms. The number of nitrogens with one attached hydrogen (secondary N) is 1. The molecule has 1 N–H and O–H groups in total. The number of halogens is 1. The van der Waals surface area contributed by atoms with Crippen LogP contribution in [-0.4, -0.2) is 18.7 Å². The number of ether oxygens (including phenoxy) is 2. The van der Waals surface area contributed by atoms with Gasteiger partial charge in [-0.2, -0.15) is 0 Å². The van der Waals surface area contributed by atoms with Crippen LogP contribution in [0.4, 0.5) is 5.69 Å². The van der Waals surface area contributed by atoms with Crippen LogP contribution in [0, 0.1) is 6.92 Å². The minimum absolute atomic E-state index is 0.130. The Labute approximate surface area is 129 Å². The van der Waals surface area contributed by atoms with Crippen LogP contribution >= 0.6 is 11.6 Å². The summed E-state index contributed by atoms with van der Waals surface area (Å²) >= 11 is 6.17. The van der Waals surface area contributed by atoms with Crippen LogP contribution in [0.25, 0.3) is 0 Å². The van der Waals surface area contributed by atoms with E-state index >= 15 is 0 Å². The maximum atomic E-state index is 6.17. The molecule has 21 heavy (non-hydrogen) atoms. The molecule has 2 heterocycles. The Bertz CT molecular complexity index is 661. The lowest BCUT2D eigenvalue weighted by Crippen LogP contribution is -2.20. The molecule has 0 saturated carbocycles. The number of anilines is 1. The van der Waals surface area contributed by atoms with E-state index in [4.69, 9.17) is 21.1 Å². The molecule has 1 aliphatic rings. The third-order valence-electron chi connectivity index (χ3n) is 3.56. The van der Waals surface area contributed by atoms with Crippen LogP contribution in [0.15, 0.2) is 30.5 Å². The first kappa shape index (κ1) is 14.0. The molecule has 0 fully saturated rings. The fraction of sp³-hybridized carbons (Fsp3) is 0.312. The van der Waals surface area contributed by atoms with Gasteiger partial charge in [0, 0.05) is 18.2 Å². The molecule has 0 aliphatic carbocycles. The van der Waals surface area contributed by atoms with Crippen LogP contribution in [0.3, 0.4) is 0 Å². The lowest BCUT2D eigenvalue weighted by Gasteiger charge is -2.28. The summed E-state index contributed by atoms with van der Waals surface area (Å²) in [5.41, 5.74) is 3.00. The third kappa shape index (κ3) is 2.90. The van der Waals surface area contributed by atoms with E-state index in [1.54, 1.807) is 13.3 Å². The Kier molecular flexibility index (Phi) is 3.88. The first-order valence-electron chi connectivity index (χ1n) is 6.87. The van der Waals surface area contributed by atoms with E-state index in [1.165, 1.54) is 0 Å². The van der Waals surface area contributed by atoms with Crippen LogP contribution in [0.2, 0.25) is 5.15 Å². The number of aryl methyl sites for hydroxylation is 1. The molecule has 0 spiro atoms. The Balaban J connectivity index is 1.92. The van der Waals surface area contributed by atoms with E-state index in [9.17, 15) is 0 Å². The Hall–Kier alpha value is -1.94. The number of nitrogens with zero attached hydrogens (tertiary/aromatic N) is 1. The molecule has 1 unspecified atom stereocenters. The average Bonchev–Trinajstić information content (AvgIpc) is 2.51. The van der Waals surface area contributed by atoms with Gasteiger partial charge in [-0.05, 0) is 36.8 Å². The lowest BCUT2D eigenvalue weighted by molar-refractivity contribution is 0.273. The van der Waals surface area contributed by atoms with E-state index in [0.29, 0.717) is 11.8 Å². The van der Waals surface area contributed by atoms with E-state index in [1.807, 2.05) is 31.2 Å². The van der Waals surface area contributed by atoms with Crippen molar-refractivity contribution in [2.45, 2.75) is 19.4 Å². The second kappa shape index (κ2) is 5.82. The van der Waals surface area contributed by atoms with Gasteiger partial charge in [0.1, 0.15) is 11.5 Å². The average molecular weight is 305 g/mol. The summed E-state index contributed by atoms with van der Waals surface area (Å²) < 4.78 is 11.0. The number of aromatic nitrogens is 1. The molecule has 0 radical (unpaired) electrons. The standard InChI is InChI=1S/C16H17ClN2O2/c1-10-7-14(16(17)18-9-10)19-13-5-6-21-15-4-3-11(20-2)8-12(13)15/h3-4,7-9,13,19H,5-6H2,1-2H3. The Morgan fingerprint density at radius 1 is 1.38 bits per heavy atom. The molecule has 0 bridgehead atoms. The topological polar surface area (TPSA) is 43.4 Å². The van der Waals surface area contributed by atoms with E-state index in [-0.39, 0.29) is 6.04 Å². The van der Waals surface area contributed by atoms with Crippen molar-refractivity contribution in [1.29, 1.82) is 0 Å². The van der Waals surface area contributed by atoms with E-state index < -0.39 is 0 Å². The highest BCUT2D eigenvalue weighted by Crippen LogP contribution is 2.37. The van der Waals surface area contributed by atoms with Gasteiger partial charge in [0.15, 0.2) is 5.15 Å². The predicted molar refractivity (Wildman–Crippen MR) is 83.5 cm³/mol. The highest BCUT2D eigenvalue weighted by Gasteiger charge is 2.23. The van der Waals surface area contributed by atoms with Crippen molar-refractivity contribution in [3.8, 4) is 11.5 Å². The fourth-order valence-electron chi connectivity index (χ4n) is 2.49. The fourth-order valence-corrected chi connectivity index (χ4v) is 2.65. The smallest absolute Gasteiger partial charge is 0.152 e. The molecular weight excluding hydrogens is 288 g/mol. The quantitative estimate of drug-likeness (QED) is 0.871. The molecular formula is C16H17ClN2O2. The van der Waals surface area contributed by atoms with Gasteiger partial charge in [-0.25, -0.2) is 4.98 Å². The molecule has 0 saturated heterocycles. The molecule has 0 amide bonds. The van der Waals surface area contributed by atoms with Crippen LogP contribution in [-0.2, 0) is 0 Å². The van der Waals surface area contributed by atoms with Gasteiger partial charge in [-0.1, -0.05) is 11.6 Å². The summed E-state index contributed by atoms with van der Waals surface area (Å²) in [6.07, 6.45) is 2.62. The molecule has 1 aliphatic heterocycles. The lowest BCUT2D eigenvalue weighted by atomic mass is 10.00. The van der Waals surface area contributed by atoms with E-state index in [2.05, 4.69) is 10.3 Å². The summed E-state index contributed by atoms with van der Waals surface area (Å²) in [6.45, 7) is 2.67. The van der Waals surface area contributed by atoms with Crippen LogP contribution in [0.1, 0.15) is 23.6 Å². The van der Waals surface area contributed by atoms with Crippen molar-refractivity contribution in [3.05, 3.63) is 46.7 Å². The van der Waals surface area contributed by atoms with Gasteiger partial charge < -0.3 is 14.8 Å². The van der Waals surface area contributed by atoms with Gasteiger partial charge in [-0.3, -0.25) is 0 Å². The number of hydrogen-bond acceptors (Lipinski definition) is 4. The minimum Gasteiger partial charge on any atom is -0.497 e. The zero-order valence-electron chi connectivity index (χ0n) is 12.0. The number of methoxy groups -OCH3 is 1. The molecule has 1 aromatic heterocycles. The predicted octanol–water partition coefficient (Wildman–Crippen LogP) is 3.99. The molecule has 1 aromatic carbocycles. The van der Waals surface area contributed by atoms with Crippen molar-refractivity contribution in [2.24, 2.45) is 0 Å². The molecule has 3 rings (SSSR count). The highest BCUT2D eigenvalue weighted by atomic mass is 35.5. The second-order valence-electron chi connectivity index (χ2n) is 5.09. The van der Waals surface area contributed by atoms with Gasteiger partial charge in [0.2, 0.25) is 0 Å². The van der Waals surface area contributed by atoms with Crippen molar-refractivity contribution in [2.75, 3.05) is 19.0 Å². The monoisotopic (exact) mass is 304 g/mol. The Morgan fingerprint density at radius 3 is 3.05 bits per heavy atom. The maximum absolute atomic E-state index is 6.17. The summed E-state index contributed by atoms with van der Waals surface area (Å²) in [4.78, 5) is 4.18. The van der Waals surface area contributed by atoms with Gasteiger partial charge in [0.05, 0.1) is 25.4 Å². The van der Waals surface area contributed by atoms with Crippen molar-refractivity contribution in [3.63, 3.8) is 0 Å². The molecule has 1 atom stereocenters. The number of hydrogen-bond donors (Lipinski definition) is 1. The van der Waals surface area contributed by atoms with E-state index in [0.717, 1.165) is 34.7 Å². The highest BCUT2D eigenvalue weighted by molar-refractivity contribution is 6.32. The molecule has 2 aromatic rings. The summed E-state index contributed by atoms with van der Waals surface area (Å²) in [7, 11) is 1.66. The third-order valence-corrected chi connectivity index (χ3v) is 3.86. The first-order chi connectivity index (χ1) is 10.2. The van der Waals surface area contributed by atoms with Crippen molar-refractivity contribution in [1.82, 2.24) is 4.98 Å². The molecule has 110 valence electrons. The summed E-state index contributed by atoms with van der Waals surface area (Å²) in [5, 5.41) is 3.95. The molecule has 4 nitrogen and oxygen atoms in total. The maximum Gasteiger partial charge on any atom is 0.152 e. The largest absolute Gasteiger partial charge is 0.497 e. The zero-order valence-corrected chi connectivity index (χ0v) is 12.8. The zero-order chi connectivity index (χ0) is 14.8. The Morgan fingerprint density at radius 2 is 2.24 bits per heavy atom.